The quantitative estimate of drug-likeness (QED) is 0.723. The third-order valence-electron chi connectivity index (χ3n) is 4.07. The maximum absolute atomic E-state index is 14.3. The van der Waals surface area contributed by atoms with E-state index in [9.17, 15) is 17.6 Å². The number of hydrogen-bond acceptors (Lipinski definition) is 5. The lowest BCUT2D eigenvalue weighted by Gasteiger charge is -2.30. The first-order valence-corrected chi connectivity index (χ1v) is 10.3. The second kappa shape index (κ2) is 8.92. The number of para-hydroxylation sites is 1. The number of benzene rings is 2. The molecule has 0 bridgehead atoms. The minimum atomic E-state index is -3.92. The summed E-state index contributed by atoms with van der Waals surface area (Å²) in [4.78, 5) is 12.9. The molecule has 1 atom stereocenters. The topological polar surface area (TPSA) is 84.9 Å². The van der Waals surface area contributed by atoms with Crippen molar-refractivity contribution in [2.75, 3.05) is 30.1 Å². The van der Waals surface area contributed by atoms with Gasteiger partial charge < -0.3 is 14.8 Å². The van der Waals surface area contributed by atoms with Gasteiger partial charge in [0.05, 0.1) is 26.2 Å². The number of anilines is 2. The predicted octanol–water partition coefficient (Wildman–Crippen LogP) is 3.03. The molecule has 0 heterocycles. The van der Waals surface area contributed by atoms with Gasteiger partial charge in [-0.15, -0.1) is 0 Å². The summed E-state index contributed by atoms with van der Waals surface area (Å²) in [7, 11) is -0.977. The molecule has 0 aliphatic rings. The summed E-state index contributed by atoms with van der Waals surface area (Å²) in [6.45, 7) is 1.65. The average molecular weight is 410 g/mol. The van der Waals surface area contributed by atoms with Crippen LogP contribution in [0.4, 0.5) is 15.8 Å². The van der Waals surface area contributed by atoms with Crippen LogP contribution in [0.2, 0.25) is 0 Å². The smallest absolute Gasteiger partial charge is 0.248 e. The molecule has 7 nitrogen and oxygen atoms in total. The SMILES string of the molecule is CC[C@H](C(=O)Nc1ccc(OC)c(OC)c1)N(c1ccccc1F)S(C)(=O)=O. The van der Waals surface area contributed by atoms with E-state index in [-0.39, 0.29) is 12.1 Å². The molecule has 0 aliphatic heterocycles. The summed E-state index contributed by atoms with van der Waals surface area (Å²) in [5, 5.41) is 2.66. The minimum absolute atomic E-state index is 0.139. The van der Waals surface area contributed by atoms with Gasteiger partial charge in [0.25, 0.3) is 0 Å². The van der Waals surface area contributed by atoms with Gasteiger partial charge in [-0.05, 0) is 30.7 Å². The second-order valence-corrected chi connectivity index (χ2v) is 7.85. The van der Waals surface area contributed by atoms with E-state index in [0.29, 0.717) is 17.2 Å². The van der Waals surface area contributed by atoms with E-state index in [0.717, 1.165) is 16.6 Å². The highest BCUT2D eigenvalue weighted by Gasteiger charge is 2.33. The lowest BCUT2D eigenvalue weighted by molar-refractivity contribution is -0.117. The molecule has 0 saturated heterocycles. The Morgan fingerprint density at radius 1 is 1.14 bits per heavy atom. The molecule has 0 saturated carbocycles. The molecule has 0 aromatic heterocycles. The molecule has 2 rings (SSSR count). The molecule has 2 aromatic carbocycles. The fourth-order valence-electron chi connectivity index (χ4n) is 2.81. The van der Waals surface area contributed by atoms with Crippen LogP contribution in [0, 0.1) is 5.82 Å². The Morgan fingerprint density at radius 3 is 2.32 bits per heavy atom. The molecule has 152 valence electrons. The molecule has 0 unspecified atom stereocenters. The number of nitrogens with one attached hydrogen (secondary N) is 1. The molecule has 1 N–H and O–H groups in total. The highest BCUT2D eigenvalue weighted by atomic mass is 32.2. The summed E-state index contributed by atoms with van der Waals surface area (Å²) in [5.41, 5.74) is 0.211. The first-order chi connectivity index (χ1) is 13.2. The van der Waals surface area contributed by atoms with Crippen molar-refractivity contribution < 1.29 is 27.1 Å². The summed E-state index contributed by atoms with van der Waals surface area (Å²) >= 11 is 0. The highest BCUT2D eigenvalue weighted by molar-refractivity contribution is 7.92. The van der Waals surface area contributed by atoms with Crippen molar-refractivity contribution in [1.29, 1.82) is 0 Å². The summed E-state index contributed by atoms with van der Waals surface area (Å²) in [5.74, 6) is -0.437. The Labute approximate surface area is 164 Å². The number of amides is 1. The van der Waals surface area contributed by atoms with E-state index in [1.807, 2.05) is 0 Å². The second-order valence-electron chi connectivity index (χ2n) is 5.99. The number of methoxy groups -OCH3 is 2. The fraction of sp³-hybridized carbons (Fsp3) is 0.316. The van der Waals surface area contributed by atoms with Crippen LogP contribution in [0.1, 0.15) is 13.3 Å². The van der Waals surface area contributed by atoms with E-state index in [1.165, 1.54) is 32.4 Å². The van der Waals surface area contributed by atoms with Crippen molar-refractivity contribution in [3.63, 3.8) is 0 Å². The Hall–Kier alpha value is -2.81. The number of carbonyl (C=O) groups is 1. The largest absolute Gasteiger partial charge is 0.493 e. The summed E-state index contributed by atoms with van der Waals surface area (Å²) in [6, 6.07) is 9.05. The molecule has 0 aliphatic carbocycles. The van der Waals surface area contributed by atoms with Gasteiger partial charge in [-0.25, -0.2) is 12.8 Å². The van der Waals surface area contributed by atoms with E-state index in [1.54, 1.807) is 25.1 Å². The molecular formula is C19H23FN2O5S. The van der Waals surface area contributed by atoms with Gasteiger partial charge in [0.15, 0.2) is 11.5 Å². The van der Waals surface area contributed by atoms with Gasteiger partial charge in [0, 0.05) is 11.8 Å². The summed E-state index contributed by atoms with van der Waals surface area (Å²) < 4.78 is 50.2. The van der Waals surface area contributed by atoms with E-state index < -0.39 is 27.8 Å². The van der Waals surface area contributed by atoms with Crippen molar-refractivity contribution >= 4 is 27.3 Å². The third-order valence-corrected chi connectivity index (χ3v) is 5.24. The van der Waals surface area contributed by atoms with Crippen LogP contribution in [0.3, 0.4) is 0 Å². The van der Waals surface area contributed by atoms with Crippen molar-refractivity contribution in [3.05, 3.63) is 48.3 Å². The van der Waals surface area contributed by atoms with E-state index >= 15 is 0 Å². The summed E-state index contributed by atoms with van der Waals surface area (Å²) in [6.07, 6.45) is 1.08. The Kier molecular flexibility index (Phi) is 6.85. The zero-order valence-corrected chi connectivity index (χ0v) is 16.9. The standard InChI is InChI=1S/C19H23FN2O5S/c1-5-15(22(28(4,24)25)16-9-7-6-8-14(16)20)19(23)21-13-10-11-17(26-2)18(12-13)27-3/h6-12,15H,5H2,1-4H3,(H,21,23)/t15-/m1/s1. The average Bonchev–Trinajstić information content (AvgIpc) is 2.65. The zero-order chi connectivity index (χ0) is 20.9. The molecule has 0 fully saturated rings. The van der Waals surface area contributed by atoms with Crippen LogP contribution in [-0.4, -0.2) is 40.8 Å². The van der Waals surface area contributed by atoms with Crippen molar-refractivity contribution in [3.8, 4) is 11.5 Å². The Balaban J connectivity index is 2.39. The van der Waals surface area contributed by atoms with Crippen molar-refractivity contribution in [1.82, 2.24) is 0 Å². The molecule has 28 heavy (non-hydrogen) atoms. The molecule has 0 spiro atoms. The number of ether oxygens (including phenoxy) is 2. The molecule has 2 aromatic rings. The van der Waals surface area contributed by atoms with E-state index in [2.05, 4.69) is 5.32 Å². The molecule has 9 heteroatoms. The third kappa shape index (κ3) is 4.72. The highest BCUT2D eigenvalue weighted by Crippen LogP contribution is 2.31. The normalized spacial score (nSPS) is 12.2. The van der Waals surface area contributed by atoms with Gasteiger partial charge in [-0.3, -0.25) is 9.10 Å². The number of nitrogens with zero attached hydrogens (tertiary/aromatic N) is 1. The maximum Gasteiger partial charge on any atom is 0.248 e. The van der Waals surface area contributed by atoms with Crippen molar-refractivity contribution in [2.24, 2.45) is 0 Å². The Bertz CT molecular complexity index is 949. The lowest BCUT2D eigenvalue weighted by atomic mass is 10.1. The molecule has 0 radical (unpaired) electrons. The van der Waals surface area contributed by atoms with Gasteiger partial charge in [0.2, 0.25) is 15.9 Å². The lowest BCUT2D eigenvalue weighted by Crippen LogP contribution is -2.47. The van der Waals surface area contributed by atoms with Crippen LogP contribution in [0.15, 0.2) is 42.5 Å². The fourth-order valence-corrected chi connectivity index (χ4v) is 4.02. The van der Waals surface area contributed by atoms with Crippen LogP contribution in [-0.2, 0) is 14.8 Å². The monoisotopic (exact) mass is 410 g/mol. The van der Waals surface area contributed by atoms with Crippen LogP contribution >= 0.6 is 0 Å². The first kappa shape index (κ1) is 21.5. The van der Waals surface area contributed by atoms with Gasteiger partial charge >= 0.3 is 0 Å². The number of rotatable bonds is 8. The number of sulfonamides is 1. The minimum Gasteiger partial charge on any atom is -0.493 e. The van der Waals surface area contributed by atoms with Gasteiger partial charge in [-0.2, -0.15) is 0 Å². The van der Waals surface area contributed by atoms with Gasteiger partial charge in [0.1, 0.15) is 11.9 Å². The number of hydrogen-bond donors (Lipinski definition) is 1. The number of halogens is 1. The van der Waals surface area contributed by atoms with Crippen LogP contribution in [0.25, 0.3) is 0 Å². The van der Waals surface area contributed by atoms with Crippen LogP contribution < -0.4 is 19.1 Å². The first-order valence-electron chi connectivity index (χ1n) is 8.49. The molecule has 1 amide bonds. The van der Waals surface area contributed by atoms with Crippen LogP contribution in [0.5, 0.6) is 11.5 Å². The zero-order valence-electron chi connectivity index (χ0n) is 16.1. The van der Waals surface area contributed by atoms with Crippen molar-refractivity contribution in [2.45, 2.75) is 19.4 Å². The molecular weight excluding hydrogens is 387 g/mol. The predicted molar refractivity (Wildman–Crippen MR) is 106 cm³/mol. The number of carbonyl (C=O) groups excluding carboxylic acids is 1. The Morgan fingerprint density at radius 2 is 1.79 bits per heavy atom. The maximum atomic E-state index is 14.3. The van der Waals surface area contributed by atoms with E-state index in [4.69, 9.17) is 9.47 Å². The van der Waals surface area contributed by atoms with Gasteiger partial charge in [-0.1, -0.05) is 19.1 Å².